The number of benzene rings is 2. The van der Waals surface area contributed by atoms with Crippen molar-refractivity contribution in [2.75, 3.05) is 12.4 Å². The Bertz CT molecular complexity index is 726. The SMILES string of the molecule is C[C@H](Oc1ccccc1)C(=O)Nc1ccccc1CN(C)C1CCCCC1. The molecule has 3 rings (SSSR count). The van der Waals surface area contributed by atoms with Gasteiger partial charge in [-0.1, -0.05) is 55.7 Å². The second kappa shape index (κ2) is 9.56. The normalized spacial score (nSPS) is 16.1. The van der Waals surface area contributed by atoms with E-state index >= 15 is 0 Å². The molecule has 4 heteroatoms. The van der Waals surface area contributed by atoms with Crippen LogP contribution in [0.3, 0.4) is 0 Å². The topological polar surface area (TPSA) is 41.6 Å². The summed E-state index contributed by atoms with van der Waals surface area (Å²) in [6.45, 7) is 2.62. The van der Waals surface area contributed by atoms with E-state index in [1.165, 1.54) is 32.1 Å². The lowest BCUT2D eigenvalue weighted by molar-refractivity contribution is -0.122. The lowest BCUT2D eigenvalue weighted by atomic mass is 9.94. The number of para-hydroxylation sites is 2. The molecule has 0 heterocycles. The highest BCUT2D eigenvalue weighted by Crippen LogP contribution is 2.25. The number of amides is 1. The Labute approximate surface area is 162 Å². The molecule has 1 fully saturated rings. The van der Waals surface area contributed by atoms with Crippen molar-refractivity contribution < 1.29 is 9.53 Å². The van der Waals surface area contributed by atoms with E-state index < -0.39 is 6.10 Å². The zero-order valence-corrected chi connectivity index (χ0v) is 16.4. The van der Waals surface area contributed by atoms with Crippen LogP contribution in [0.15, 0.2) is 54.6 Å². The van der Waals surface area contributed by atoms with Crippen LogP contribution >= 0.6 is 0 Å². The van der Waals surface area contributed by atoms with E-state index in [4.69, 9.17) is 4.74 Å². The smallest absolute Gasteiger partial charge is 0.265 e. The number of carbonyl (C=O) groups is 1. The van der Waals surface area contributed by atoms with Crippen molar-refractivity contribution in [1.29, 1.82) is 0 Å². The maximum Gasteiger partial charge on any atom is 0.265 e. The van der Waals surface area contributed by atoms with Crippen LogP contribution in [0, 0.1) is 0 Å². The Morgan fingerprint density at radius 1 is 1.07 bits per heavy atom. The molecule has 144 valence electrons. The van der Waals surface area contributed by atoms with Crippen LogP contribution < -0.4 is 10.1 Å². The molecule has 0 aliphatic heterocycles. The number of hydrogen-bond acceptors (Lipinski definition) is 3. The minimum absolute atomic E-state index is 0.133. The van der Waals surface area contributed by atoms with Crippen LogP contribution in [0.1, 0.15) is 44.6 Å². The van der Waals surface area contributed by atoms with Gasteiger partial charge in [0.1, 0.15) is 5.75 Å². The van der Waals surface area contributed by atoms with Crippen LogP contribution in [0.2, 0.25) is 0 Å². The average molecular weight is 367 g/mol. The van der Waals surface area contributed by atoms with Gasteiger partial charge in [0.05, 0.1) is 0 Å². The number of hydrogen-bond donors (Lipinski definition) is 1. The van der Waals surface area contributed by atoms with Crippen LogP contribution in [0.5, 0.6) is 5.75 Å². The first-order valence-electron chi connectivity index (χ1n) is 9.94. The summed E-state index contributed by atoms with van der Waals surface area (Å²) in [4.78, 5) is 15.0. The third kappa shape index (κ3) is 5.57. The van der Waals surface area contributed by atoms with Crippen molar-refractivity contribution in [3.05, 3.63) is 60.2 Å². The van der Waals surface area contributed by atoms with Gasteiger partial charge in [-0.25, -0.2) is 0 Å². The molecule has 1 atom stereocenters. The summed E-state index contributed by atoms with van der Waals surface area (Å²) < 4.78 is 5.74. The second-order valence-corrected chi connectivity index (χ2v) is 7.43. The number of anilines is 1. The minimum Gasteiger partial charge on any atom is -0.481 e. The standard InChI is InChI=1S/C23H30N2O2/c1-18(27-21-14-7-4-8-15-21)23(26)24-22-16-10-9-11-19(22)17-25(2)20-12-5-3-6-13-20/h4,7-11,14-16,18,20H,3,5-6,12-13,17H2,1-2H3,(H,24,26)/t18-/m0/s1. The molecular weight excluding hydrogens is 336 g/mol. The van der Waals surface area contributed by atoms with Gasteiger partial charge < -0.3 is 10.1 Å². The predicted octanol–water partition coefficient (Wildman–Crippen LogP) is 4.86. The molecule has 2 aromatic rings. The van der Waals surface area contributed by atoms with E-state index in [9.17, 15) is 4.79 Å². The van der Waals surface area contributed by atoms with E-state index in [-0.39, 0.29) is 5.91 Å². The molecule has 0 bridgehead atoms. The molecule has 27 heavy (non-hydrogen) atoms. The Balaban J connectivity index is 1.61. The summed E-state index contributed by atoms with van der Waals surface area (Å²) in [5.74, 6) is 0.567. The number of nitrogens with zero attached hydrogens (tertiary/aromatic N) is 1. The van der Waals surface area contributed by atoms with Gasteiger partial charge in [0, 0.05) is 18.3 Å². The van der Waals surface area contributed by atoms with E-state index in [0.717, 1.165) is 17.8 Å². The molecule has 1 N–H and O–H groups in total. The fourth-order valence-electron chi connectivity index (χ4n) is 3.69. The van der Waals surface area contributed by atoms with Gasteiger partial charge in [0.15, 0.2) is 6.10 Å². The molecule has 0 aromatic heterocycles. The Hall–Kier alpha value is -2.33. The lowest BCUT2D eigenvalue weighted by Gasteiger charge is -2.31. The van der Waals surface area contributed by atoms with Gasteiger partial charge in [0.25, 0.3) is 5.91 Å². The quantitative estimate of drug-likeness (QED) is 0.761. The molecule has 4 nitrogen and oxygen atoms in total. The Morgan fingerprint density at radius 2 is 1.74 bits per heavy atom. The molecule has 1 aliphatic rings. The number of ether oxygens (including phenoxy) is 1. The molecule has 2 aromatic carbocycles. The van der Waals surface area contributed by atoms with Gasteiger partial charge in [-0.15, -0.1) is 0 Å². The first-order chi connectivity index (χ1) is 13.1. The summed E-state index contributed by atoms with van der Waals surface area (Å²) in [6, 6.07) is 18.1. The predicted molar refractivity (Wildman–Crippen MR) is 110 cm³/mol. The highest BCUT2D eigenvalue weighted by Gasteiger charge is 2.20. The summed E-state index contributed by atoms with van der Waals surface area (Å²) in [7, 11) is 2.19. The first kappa shape index (κ1) is 19.4. The summed E-state index contributed by atoms with van der Waals surface area (Å²) in [5, 5.41) is 3.05. The van der Waals surface area contributed by atoms with Crippen molar-refractivity contribution in [3.8, 4) is 5.75 Å². The van der Waals surface area contributed by atoms with Crippen molar-refractivity contribution in [3.63, 3.8) is 0 Å². The minimum atomic E-state index is -0.559. The van der Waals surface area contributed by atoms with Gasteiger partial charge in [-0.2, -0.15) is 0 Å². The van der Waals surface area contributed by atoms with Crippen molar-refractivity contribution in [2.24, 2.45) is 0 Å². The summed E-state index contributed by atoms with van der Waals surface area (Å²) >= 11 is 0. The molecular formula is C23H30N2O2. The van der Waals surface area contributed by atoms with Crippen LogP contribution in [-0.2, 0) is 11.3 Å². The number of rotatable bonds is 7. The largest absolute Gasteiger partial charge is 0.481 e. The van der Waals surface area contributed by atoms with E-state index in [1.54, 1.807) is 6.92 Å². The third-order valence-corrected chi connectivity index (χ3v) is 5.32. The molecule has 0 unspecified atom stereocenters. The van der Waals surface area contributed by atoms with Crippen molar-refractivity contribution >= 4 is 11.6 Å². The molecule has 1 amide bonds. The maximum atomic E-state index is 12.6. The van der Waals surface area contributed by atoms with E-state index in [0.29, 0.717) is 11.8 Å². The summed E-state index contributed by atoms with van der Waals surface area (Å²) in [5.41, 5.74) is 2.01. The highest BCUT2D eigenvalue weighted by molar-refractivity contribution is 5.94. The monoisotopic (exact) mass is 366 g/mol. The van der Waals surface area contributed by atoms with Crippen LogP contribution in [0.25, 0.3) is 0 Å². The van der Waals surface area contributed by atoms with Gasteiger partial charge in [-0.05, 0) is 50.6 Å². The maximum absolute atomic E-state index is 12.6. The fraction of sp³-hybridized carbons (Fsp3) is 0.435. The average Bonchev–Trinajstić information content (AvgIpc) is 2.70. The Morgan fingerprint density at radius 3 is 2.48 bits per heavy atom. The second-order valence-electron chi connectivity index (χ2n) is 7.43. The van der Waals surface area contributed by atoms with Crippen LogP contribution in [0.4, 0.5) is 5.69 Å². The van der Waals surface area contributed by atoms with Crippen LogP contribution in [-0.4, -0.2) is 30.0 Å². The van der Waals surface area contributed by atoms with Gasteiger partial charge >= 0.3 is 0 Å². The molecule has 0 radical (unpaired) electrons. The molecule has 0 spiro atoms. The number of nitrogens with one attached hydrogen (secondary N) is 1. The number of carbonyl (C=O) groups excluding carboxylic acids is 1. The van der Waals surface area contributed by atoms with E-state index in [2.05, 4.69) is 23.3 Å². The lowest BCUT2D eigenvalue weighted by Crippen LogP contribution is -2.34. The van der Waals surface area contributed by atoms with Crippen molar-refractivity contribution in [2.45, 2.75) is 57.7 Å². The zero-order chi connectivity index (χ0) is 19.1. The molecule has 1 saturated carbocycles. The van der Waals surface area contributed by atoms with Crippen molar-refractivity contribution in [1.82, 2.24) is 4.90 Å². The van der Waals surface area contributed by atoms with Gasteiger partial charge in [0.2, 0.25) is 0 Å². The zero-order valence-electron chi connectivity index (χ0n) is 16.4. The molecule has 1 aliphatic carbocycles. The van der Waals surface area contributed by atoms with Gasteiger partial charge in [-0.3, -0.25) is 9.69 Å². The summed E-state index contributed by atoms with van der Waals surface area (Å²) in [6.07, 6.45) is 5.98. The third-order valence-electron chi connectivity index (χ3n) is 5.32. The Kier molecular flexibility index (Phi) is 6.88. The molecule has 0 saturated heterocycles. The first-order valence-corrected chi connectivity index (χ1v) is 9.94. The fourth-order valence-corrected chi connectivity index (χ4v) is 3.69. The highest BCUT2D eigenvalue weighted by atomic mass is 16.5. The van der Waals surface area contributed by atoms with E-state index in [1.807, 2.05) is 48.5 Å².